The van der Waals surface area contributed by atoms with E-state index in [0.29, 0.717) is 32.7 Å². The number of furan rings is 1. The Kier molecular flexibility index (Phi) is 7.13. The largest absolute Gasteiger partial charge is 0.495 e. The molecule has 0 saturated heterocycles. The first-order chi connectivity index (χ1) is 18.3. The summed E-state index contributed by atoms with van der Waals surface area (Å²) in [6, 6.07) is 23.9. The number of carbonyl (C=O) groups excluding carboxylic acids is 2. The van der Waals surface area contributed by atoms with Crippen molar-refractivity contribution in [1.82, 2.24) is 5.32 Å². The van der Waals surface area contributed by atoms with Gasteiger partial charge in [0.15, 0.2) is 10.9 Å². The molecule has 3 N–H and O–H groups in total. The van der Waals surface area contributed by atoms with Gasteiger partial charge in [-0.2, -0.15) is 0 Å². The highest BCUT2D eigenvalue weighted by molar-refractivity contribution is 9.10. The first-order valence-electron chi connectivity index (χ1n) is 11.6. The van der Waals surface area contributed by atoms with Crippen molar-refractivity contribution in [2.24, 2.45) is 0 Å². The van der Waals surface area contributed by atoms with Crippen molar-refractivity contribution < 1.29 is 18.7 Å². The third-order valence-corrected chi connectivity index (χ3v) is 6.99. The Balaban J connectivity index is 1.27. The summed E-state index contributed by atoms with van der Waals surface area (Å²) in [4.78, 5) is 25.8. The Morgan fingerprint density at radius 2 is 1.63 bits per heavy atom. The number of carbonyl (C=O) groups is 2. The molecule has 0 aliphatic carbocycles. The van der Waals surface area contributed by atoms with Crippen LogP contribution in [0.15, 0.2) is 87.8 Å². The topological polar surface area (TPSA) is 92.6 Å². The van der Waals surface area contributed by atoms with Gasteiger partial charge < -0.3 is 19.8 Å². The molecule has 5 rings (SSSR count). The Morgan fingerprint density at radius 3 is 2.37 bits per heavy atom. The third-order valence-electron chi connectivity index (χ3n) is 6.00. The summed E-state index contributed by atoms with van der Waals surface area (Å²) in [5, 5.41) is 11.4. The molecule has 0 unspecified atom stereocenters. The molecule has 0 aliphatic rings. The predicted molar refractivity (Wildman–Crippen MR) is 157 cm³/mol. The summed E-state index contributed by atoms with van der Waals surface area (Å²) in [6.45, 7) is 1.86. The number of amides is 2. The van der Waals surface area contributed by atoms with E-state index in [9.17, 15) is 9.59 Å². The molecule has 0 spiro atoms. The van der Waals surface area contributed by atoms with E-state index in [1.54, 1.807) is 24.3 Å². The monoisotopic (exact) mass is 587 g/mol. The van der Waals surface area contributed by atoms with Gasteiger partial charge in [0.1, 0.15) is 11.3 Å². The van der Waals surface area contributed by atoms with Crippen molar-refractivity contribution in [3.63, 3.8) is 0 Å². The average Bonchev–Trinajstić information content (AvgIpc) is 3.35. The molecular weight excluding hydrogens is 566 g/mol. The van der Waals surface area contributed by atoms with Gasteiger partial charge in [0.25, 0.3) is 11.8 Å². The summed E-state index contributed by atoms with van der Waals surface area (Å²) in [5.41, 5.74) is 3.08. The number of fused-ring (bicyclic) bond motifs is 2. The van der Waals surface area contributed by atoms with E-state index in [4.69, 9.17) is 21.4 Å². The second kappa shape index (κ2) is 10.6. The molecule has 190 valence electrons. The molecule has 0 aliphatic heterocycles. The second-order valence-electron chi connectivity index (χ2n) is 8.53. The highest BCUT2D eigenvalue weighted by Gasteiger charge is 2.19. The Hall–Kier alpha value is -4.21. The highest BCUT2D eigenvalue weighted by Crippen LogP contribution is 2.36. The maximum Gasteiger partial charge on any atom is 0.291 e. The van der Waals surface area contributed by atoms with Gasteiger partial charge in [-0.3, -0.25) is 14.9 Å². The zero-order chi connectivity index (χ0) is 26.8. The molecule has 5 aromatic rings. The van der Waals surface area contributed by atoms with E-state index >= 15 is 0 Å². The maximum atomic E-state index is 13.1. The number of anilines is 2. The lowest BCUT2D eigenvalue weighted by molar-refractivity contribution is 0.0972. The van der Waals surface area contributed by atoms with Crippen molar-refractivity contribution >= 4 is 78.2 Å². The fraction of sp³-hybridized carbons (Fsp3) is 0.0690. The summed E-state index contributed by atoms with van der Waals surface area (Å²) >= 11 is 8.93. The number of hydrogen-bond donors (Lipinski definition) is 3. The minimum atomic E-state index is -0.405. The second-order valence-corrected chi connectivity index (χ2v) is 9.73. The standard InChI is InChI=1S/C29H22BrN3O4S/c1-16-13-19(11-12-22(16)32-28(35)24-15-18-8-4-6-10-23(18)37-24)31-29(38)33-27(34)21-14-17-7-3-5-9-20(17)25(30)26(21)36-2/h3-15H,1-2H3,(H,32,35)(H2,31,33,34,38). The molecule has 2 amide bonds. The van der Waals surface area contributed by atoms with Crippen LogP contribution in [0.5, 0.6) is 5.75 Å². The van der Waals surface area contributed by atoms with Gasteiger partial charge in [-0.1, -0.05) is 42.5 Å². The van der Waals surface area contributed by atoms with E-state index in [1.807, 2.05) is 61.5 Å². The van der Waals surface area contributed by atoms with Crippen molar-refractivity contribution in [3.05, 3.63) is 100 Å². The Morgan fingerprint density at radius 1 is 0.895 bits per heavy atom. The van der Waals surface area contributed by atoms with Crippen LogP contribution in [0.4, 0.5) is 11.4 Å². The Bertz CT molecular complexity index is 1700. The minimum Gasteiger partial charge on any atom is -0.495 e. The number of aryl methyl sites for hydroxylation is 1. The van der Waals surface area contributed by atoms with Crippen LogP contribution in [0.2, 0.25) is 0 Å². The molecule has 0 saturated carbocycles. The lowest BCUT2D eigenvalue weighted by Crippen LogP contribution is -2.34. The van der Waals surface area contributed by atoms with Crippen molar-refractivity contribution in [2.45, 2.75) is 6.92 Å². The first-order valence-corrected chi connectivity index (χ1v) is 12.8. The average molecular weight is 588 g/mol. The fourth-order valence-electron chi connectivity index (χ4n) is 4.14. The van der Waals surface area contributed by atoms with Crippen LogP contribution < -0.4 is 20.7 Å². The maximum absolute atomic E-state index is 13.1. The van der Waals surface area contributed by atoms with Crippen LogP contribution >= 0.6 is 28.1 Å². The van der Waals surface area contributed by atoms with Crippen LogP contribution in [0.25, 0.3) is 21.7 Å². The zero-order valence-corrected chi connectivity index (χ0v) is 22.8. The fourth-order valence-corrected chi connectivity index (χ4v) is 5.09. The van der Waals surface area contributed by atoms with Crippen molar-refractivity contribution in [2.75, 3.05) is 17.7 Å². The van der Waals surface area contributed by atoms with Crippen LogP contribution in [0.3, 0.4) is 0 Å². The SMILES string of the molecule is COc1c(C(=O)NC(=S)Nc2ccc(NC(=O)c3cc4ccccc4o3)c(C)c2)cc2ccccc2c1Br. The molecule has 9 heteroatoms. The third kappa shape index (κ3) is 5.11. The van der Waals surface area contributed by atoms with Crippen LogP contribution in [-0.2, 0) is 0 Å². The number of rotatable bonds is 5. The predicted octanol–water partition coefficient (Wildman–Crippen LogP) is 7.04. The number of hydrogen-bond acceptors (Lipinski definition) is 5. The molecule has 38 heavy (non-hydrogen) atoms. The number of nitrogens with one attached hydrogen (secondary N) is 3. The molecule has 7 nitrogen and oxygen atoms in total. The van der Waals surface area contributed by atoms with Crippen LogP contribution in [-0.4, -0.2) is 24.0 Å². The zero-order valence-electron chi connectivity index (χ0n) is 20.4. The van der Waals surface area contributed by atoms with Gasteiger partial charge in [-0.05, 0) is 87.8 Å². The number of thiocarbonyl (C=S) groups is 1. The molecule has 0 fully saturated rings. The molecule has 0 radical (unpaired) electrons. The normalized spacial score (nSPS) is 10.8. The van der Waals surface area contributed by atoms with Gasteiger partial charge in [-0.25, -0.2) is 0 Å². The Labute approximate surface area is 232 Å². The van der Waals surface area contributed by atoms with E-state index in [0.717, 1.165) is 21.7 Å². The van der Waals surface area contributed by atoms with Crippen molar-refractivity contribution in [3.8, 4) is 5.75 Å². The van der Waals surface area contributed by atoms with Gasteiger partial charge in [0.2, 0.25) is 0 Å². The lowest BCUT2D eigenvalue weighted by atomic mass is 10.1. The van der Waals surface area contributed by atoms with E-state index in [2.05, 4.69) is 31.9 Å². The number of methoxy groups -OCH3 is 1. The van der Waals surface area contributed by atoms with Gasteiger partial charge >= 0.3 is 0 Å². The molecule has 1 heterocycles. The molecular formula is C29H22BrN3O4S. The van der Waals surface area contributed by atoms with Crippen LogP contribution in [0.1, 0.15) is 26.5 Å². The minimum absolute atomic E-state index is 0.125. The quantitative estimate of drug-likeness (QED) is 0.191. The van der Waals surface area contributed by atoms with Gasteiger partial charge in [0, 0.05) is 16.8 Å². The first kappa shape index (κ1) is 25.4. The van der Waals surface area contributed by atoms with Gasteiger partial charge in [0.05, 0.1) is 17.1 Å². The summed E-state index contributed by atoms with van der Waals surface area (Å²) in [5.74, 6) is -0.0997. The van der Waals surface area contributed by atoms with E-state index in [-0.39, 0.29) is 16.8 Å². The molecule has 1 aromatic heterocycles. The van der Waals surface area contributed by atoms with E-state index < -0.39 is 5.91 Å². The molecule has 0 bridgehead atoms. The molecule has 0 atom stereocenters. The van der Waals surface area contributed by atoms with E-state index in [1.165, 1.54) is 7.11 Å². The van der Waals surface area contributed by atoms with Crippen LogP contribution in [0, 0.1) is 6.92 Å². The highest BCUT2D eigenvalue weighted by atomic mass is 79.9. The summed E-state index contributed by atoms with van der Waals surface area (Å²) in [6.07, 6.45) is 0. The summed E-state index contributed by atoms with van der Waals surface area (Å²) in [7, 11) is 1.51. The smallest absolute Gasteiger partial charge is 0.291 e. The number of halogens is 1. The summed E-state index contributed by atoms with van der Waals surface area (Å²) < 4.78 is 11.8. The molecule has 4 aromatic carbocycles. The number of benzene rings is 4. The number of para-hydroxylation sites is 1. The lowest BCUT2D eigenvalue weighted by Gasteiger charge is -2.15. The van der Waals surface area contributed by atoms with Gasteiger partial charge in [-0.15, -0.1) is 0 Å². The number of ether oxygens (including phenoxy) is 1. The van der Waals surface area contributed by atoms with Crippen molar-refractivity contribution in [1.29, 1.82) is 0 Å².